The molecule has 276 valence electrons. The summed E-state index contributed by atoms with van der Waals surface area (Å²) in [4.78, 5) is 32.9. The molecule has 1 saturated heterocycles. The highest BCUT2D eigenvalue weighted by Gasteiger charge is 2.54. The first-order valence-electron chi connectivity index (χ1n) is 18.5. The summed E-state index contributed by atoms with van der Waals surface area (Å²) in [6, 6.07) is 5.99. The van der Waals surface area contributed by atoms with Crippen LogP contribution in [0.3, 0.4) is 0 Å². The van der Waals surface area contributed by atoms with E-state index in [4.69, 9.17) is 21.1 Å². The molecule has 3 aromatic rings. The van der Waals surface area contributed by atoms with E-state index in [1.807, 2.05) is 74.6 Å². The maximum atomic E-state index is 14.3. The molecule has 2 fully saturated rings. The standard InChI is InChI=1S/C33H40ClFN6O3.3C2H6/c1-4-41(22(2)3)32(42)25-14-23(35)6-7-28(25)44-30-17-36-21-38-31(30)40-19-33(20-40)15-24(16-33)43-29-8-11-37-27-9-13-39(12-5-10-34)18-26(27)29;3*1-2/h6-8,11,14,17,21-22,24H,4-5,9-10,12-13,15-16,18-20H2,1-3H3;3*1-2H3. The summed E-state index contributed by atoms with van der Waals surface area (Å²) in [6.45, 7) is 22.8. The second-order valence-electron chi connectivity index (χ2n) is 12.4. The number of ether oxygens (including phenoxy) is 2. The van der Waals surface area contributed by atoms with Gasteiger partial charge in [0.1, 0.15) is 29.7 Å². The predicted octanol–water partition coefficient (Wildman–Crippen LogP) is 8.79. The van der Waals surface area contributed by atoms with E-state index in [-0.39, 0.29) is 34.8 Å². The number of benzene rings is 1. The van der Waals surface area contributed by atoms with E-state index in [0.717, 1.165) is 69.9 Å². The van der Waals surface area contributed by atoms with Crippen molar-refractivity contribution in [2.75, 3.05) is 43.5 Å². The van der Waals surface area contributed by atoms with E-state index in [1.165, 1.54) is 30.1 Å². The number of alkyl halides is 1. The number of hydrogen-bond donors (Lipinski definition) is 0. The van der Waals surface area contributed by atoms with Crippen LogP contribution in [0.4, 0.5) is 10.2 Å². The van der Waals surface area contributed by atoms with Crippen LogP contribution in [-0.4, -0.2) is 81.4 Å². The lowest BCUT2D eigenvalue weighted by Gasteiger charge is -2.59. The van der Waals surface area contributed by atoms with Gasteiger partial charge in [0.25, 0.3) is 5.91 Å². The summed E-state index contributed by atoms with van der Waals surface area (Å²) >= 11 is 5.93. The Kier molecular flexibility index (Phi) is 16.2. The Morgan fingerprint density at radius 3 is 2.44 bits per heavy atom. The van der Waals surface area contributed by atoms with Gasteiger partial charge in [-0.2, -0.15) is 0 Å². The monoisotopic (exact) mass is 712 g/mol. The molecule has 1 aromatic carbocycles. The van der Waals surface area contributed by atoms with Gasteiger partial charge in [0.15, 0.2) is 11.6 Å². The molecule has 11 heteroatoms. The van der Waals surface area contributed by atoms with Crippen LogP contribution in [-0.2, 0) is 13.0 Å². The topological polar surface area (TPSA) is 83.9 Å². The molecule has 1 aliphatic carbocycles. The lowest BCUT2D eigenvalue weighted by atomic mass is 9.61. The molecular formula is C39H58ClFN6O3. The summed E-state index contributed by atoms with van der Waals surface area (Å²) in [5.41, 5.74) is 2.70. The van der Waals surface area contributed by atoms with Crippen molar-refractivity contribution in [2.24, 2.45) is 5.41 Å². The number of carbonyl (C=O) groups excluding carboxylic acids is 1. The van der Waals surface area contributed by atoms with Gasteiger partial charge >= 0.3 is 0 Å². The highest BCUT2D eigenvalue weighted by molar-refractivity contribution is 6.17. The van der Waals surface area contributed by atoms with Crippen molar-refractivity contribution >= 4 is 23.3 Å². The summed E-state index contributed by atoms with van der Waals surface area (Å²) < 4.78 is 27.0. The molecule has 0 bridgehead atoms. The number of anilines is 1. The Hall–Kier alpha value is -3.50. The van der Waals surface area contributed by atoms with E-state index < -0.39 is 5.82 Å². The number of pyridine rings is 1. The van der Waals surface area contributed by atoms with Crippen molar-refractivity contribution in [3.05, 3.63) is 65.6 Å². The van der Waals surface area contributed by atoms with Gasteiger partial charge in [0.2, 0.25) is 0 Å². The van der Waals surface area contributed by atoms with Gasteiger partial charge in [-0.25, -0.2) is 14.4 Å². The molecule has 50 heavy (non-hydrogen) atoms. The normalized spacial score (nSPS) is 15.9. The van der Waals surface area contributed by atoms with Gasteiger partial charge in [-0.1, -0.05) is 41.5 Å². The molecule has 9 nitrogen and oxygen atoms in total. The first kappa shape index (κ1) is 40.9. The van der Waals surface area contributed by atoms with E-state index in [9.17, 15) is 9.18 Å². The van der Waals surface area contributed by atoms with Gasteiger partial charge in [-0.05, 0) is 70.8 Å². The minimum atomic E-state index is -0.493. The SMILES string of the molecule is CC.CC.CC.CCN(C(=O)c1cc(F)ccc1Oc1cncnc1N1CC2(CC(Oc3ccnc4c3CN(CCCCl)CC4)C2)C1)C(C)C. The smallest absolute Gasteiger partial charge is 0.257 e. The Morgan fingerprint density at radius 1 is 1.06 bits per heavy atom. The Bertz CT molecular complexity index is 1490. The Labute approximate surface area is 304 Å². The molecule has 3 aliphatic rings. The van der Waals surface area contributed by atoms with Crippen molar-refractivity contribution in [2.45, 2.75) is 107 Å². The van der Waals surface area contributed by atoms with Crippen LogP contribution >= 0.6 is 11.6 Å². The lowest BCUT2D eigenvalue weighted by Crippen LogP contribution is -2.65. The zero-order valence-corrected chi connectivity index (χ0v) is 32.4. The quantitative estimate of drug-likeness (QED) is 0.183. The van der Waals surface area contributed by atoms with Crippen LogP contribution in [0.5, 0.6) is 17.2 Å². The van der Waals surface area contributed by atoms with Crippen molar-refractivity contribution in [1.29, 1.82) is 0 Å². The predicted molar refractivity (Wildman–Crippen MR) is 201 cm³/mol. The third-order valence-corrected chi connectivity index (χ3v) is 9.27. The van der Waals surface area contributed by atoms with Crippen LogP contribution in [0.25, 0.3) is 0 Å². The molecule has 0 unspecified atom stereocenters. The highest BCUT2D eigenvalue weighted by Crippen LogP contribution is 2.52. The van der Waals surface area contributed by atoms with E-state index in [0.29, 0.717) is 24.0 Å². The molecular weight excluding hydrogens is 655 g/mol. The highest BCUT2D eigenvalue weighted by atomic mass is 35.5. The van der Waals surface area contributed by atoms with Crippen LogP contribution in [0, 0.1) is 11.2 Å². The van der Waals surface area contributed by atoms with Gasteiger partial charge in [0.05, 0.1) is 11.8 Å². The van der Waals surface area contributed by atoms with Gasteiger partial charge < -0.3 is 19.3 Å². The van der Waals surface area contributed by atoms with Crippen LogP contribution in [0.2, 0.25) is 0 Å². The summed E-state index contributed by atoms with van der Waals surface area (Å²) in [6.07, 6.45) is 8.97. The number of hydrogen-bond acceptors (Lipinski definition) is 8. The number of nitrogens with zero attached hydrogens (tertiary/aromatic N) is 6. The van der Waals surface area contributed by atoms with Crippen LogP contribution < -0.4 is 14.4 Å². The van der Waals surface area contributed by atoms with Crippen molar-refractivity contribution < 1.29 is 18.7 Å². The third-order valence-electron chi connectivity index (χ3n) is 9.00. The number of halogens is 2. The summed E-state index contributed by atoms with van der Waals surface area (Å²) in [7, 11) is 0. The number of amides is 1. The number of rotatable bonds is 11. The lowest BCUT2D eigenvalue weighted by molar-refractivity contribution is -0.0352. The van der Waals surface area contributed by atoms with Crippen LogP contribution in [0.1, 0.15) is 103 Å². The third kappa shape index (κ3) is 9.63. The largest absolute Gasteiger partial charge is 0.490 e. The number of carbonyl (C=O) groups is 1. The second-order valence-corrected chi connectivity index (χ2v) is 12.8. The molecule has 2 aromatic heterocycles. The molecule has 0 atom stereocenters. The molecule has 0 radical (unpaired) electrons. The Balaban J connectivity index is 0.00000107. The fourth-order valence-corrected chi connectivity index (χ4v) is 6.91. The Morgan fingerprint density at radius 2 is 1.78 bits per heavy atom. The van der Waals surface area contributed by atoms with E-state index in [2.05, 4.69) is 24.8 Å². The minimum absolute atomic E-state index is 0.0356. The van der Waals surface area contributed by atoms with Crippen molar-refractivity contribution in [3.8, 4) is 17.2 Å². The first-order valence-corrected chi connectivity index (χ1v) is 19.1. The second kappa shape index (κ2) is 19.8. The first-order chi connectivity index (χ1) is 24.3. The number of fused-ring (bicyclic) bond motifs is 1. The van der Waals surface area contributed by atoms with Crippen molar-refractivity contribution in [1.82, 2.24) is 24.8 Å². The molecule has 1 spiro atoms. The average molecular weight is 713 g/mol. The number of aromatic nitrogens is 3. The van der Waals surface area contributed by atoms with Crippen LogP contribution in [0.15, 0.2) is 43.0 Å². The zero-order valence-electron chi connectivity index (χ0n) is 31.6. The molecule has 2 aliphatic heterocycles. The summed E-state index contributed by atoms with van der Waals surface area (Å²) in [5.74, 6) is 2.23. The van der Waals surface area contributed by atoms with Gasteiger partial charge in [0, 0.05) is 73.9 Å². The molecule has 6 rings (SSSR count). The minimum Gasteiger partial charge on any atom is -0.490 e. The fraction of sp³-hybridized carbons (Fsp3) is 0.590. The van der Waals surface area contributed by atoms with E-state index in [1.54, 1.807) is 11.1 Å². The zero-order chi connectivity index (χ0) is 36.8. The molecule has 0 N–H and O–H groups in total. The van der Waals surface area contributed by atoms with Gasteiger partial charge in [-0.3, -0.25) is 14.7 Å². The maximum absolute atomic E-state index is 14.3. The van der Waals surface area contributed by atoms with Gasteiger partial charge in [-0.15, -0.1) is 11.6 Å². The fourth-order valence-electron chi connectivity index (χ4n) is 6.79. The average Bonchev–Trinajstić information content (AvgIpc) is 3.11. The molecule has 4 heterocycles. The molecule has 1 saturated carbocycles. The molecule has 1 amide bonds. The van der Waals surface area contributed by atoms with Crippen molar-refractivity contribution in [3.63, 3.8) is 0 Å². The maximum Gasteiger partial charge on any atom is 0.257 e. The van der Waals surface area contributed by atoms with E-state index >= 15 is 0 Å². The summed E-state index contributed by atoms with van der Waals surface area (Å²) in [5, 5.41) is 0.